The molecule has 0 aliphatic carbocycles. The van der Waals surface area contributed by atoms with Crippen molar-refractivity contribution in [2.24, 2.45) is 7.05 Å². The molecule has 0 bridgehead atoms. The number of aromatic nitrogens is 1. The zero-order valence-corrected chi connectivity index (χ0v) is 12.3. The second-order valence-corrected chi connectivity index (χ2v) is 5.32. The normalized spacial score (nSPS) is 15.6. The molecular weight excluding hydrogens is 295 g/mol. The van der Waals surface area contributed by atoms with Crippen molar-refractivity contribution in [3.05, 3.63) is 35.5 Å². The lowest BCUT2D eigenvalue weighted by molar-refractivity contribution is -0.148. The molecule has 0 fully saturated rings. The molecule has 2 rings (SSSR count). The Balaban J connectivity index is 2.02. The van der Waals surface area contributed by atoms with Crippen molar-refractivity contribution in [3.63, 3.8) is 0 Å². The van der Waals surface area contributed by atoms with Crippen LogP contribution in [0.1, 0.15) is 24.8 Å². The fraction of sp³-hybridized carbons (Fsp3) is 0.467. The number of carbonyl (C=O) groups is 1. The number of alkyl halides is 3. The van der Waals surface area contributed by atoms with Gasteiger partial charge in [0.15, 0.2) is 0 Å². The van der Waals surface area contributed by atoms with Crippen molar-refractivity contribution in [3.8, 4) is 0 Å². The van der Waals surface area contributed by atoms with Crippen molar-refractivity contribution in [1.29, 1.82) is 5.41 Å². The third-order valence-corrected chi connectivity index (χ3v) is 3.71. The topological polar surface area (TPSA) is 49.1 Å². The number of pyridine rings is 1. The van der Waals surface area contributed by atoms with Gasteiger partial charge in [-0.05, 0) is 24.1 Å². The Kier molecular flexibility index (Phi) is 4.73. The van der Waals surface area contributed by atoms with Gasteiger partial charge in [-0.1, -0.05) is 6.08 Å². The molecular formula is C15H18F3N3O. The minimum atomic E-state index is -4.30. The SMILES string of the molecule is Cn1cccc(C2=CCN(C(=O)CCC(F)(F)F)CC2)c1=N. The molecule has 1 aromatic heterocycles. The van der Waals surface area contributed by atoms with Crippen LogP contribution in [0.25, 0.3) is 5.57 Å². The molecule has 22 heavy (non-hydrogen) atoms. The lowest BCUT2D eigenvalue weighted by atomic mass is 10.0. The molecule has 1 aromatic rings. The molecule has 0 saturated carbocycles. The van der Waals surface area contributed by atoms with E-state index in [9.17, 15) is 18.0 Å². The number of nitrogens with zero attached hydrogens (tertiary/aromatic N) is 2. The average molecular weight is 313 g/mol. The molecule has 2 heterocycles. The summed E-state index contributed by atoms with van der Waals surface area (Å²) in [4.78, 5) is 13.2. The van der Waals surface area contributed by atoms with Gasteiger partial charge in [-0.25, -0.2) is 0 Å². The fourth-order valence-corrected chi connectivity index (χ4v) is 2.42. The van der Waals surface area contributed by atoms with Crippen LogP contribution >= 0.6 is 0 Å². The van der Waals surface area contributed by atoms with Crippen LogP contribution in [0.3, 0.4) is 0 Å². The average Bonchev–Trinajstić information content (AvgIpc) is 2.47. The molecule has 0 unspecified atom stereocenters. The molecule has 1 aliphatic heterocycles. The summed E-state index contributed by atoms with van der Waals surface area (Å²) in [5.74, 6) is -0.475. The van der Waals surface area contributed by atoms with Crippen molar-refractivity contribution in [2.45, 2.75) is 25.4 Å². The number of rotatable bonds is 3. The highest BCUT2D eigenvalue weighted by atomic mass is 19.4. The first kappa shape index (κ1) is 16.3. The van der Waals surface area contributed by atoms with E-state index in [1.54, 1.807) is 17.8 Å². The largest absolute Gasteiger partial charge is 0.389 e. The summed E-state index contributed by atoms with van der Waals surface area (Å²) >= 11 is 0. The van der Waals surface area contributed by atoms with Gasteiger partial charge in [0, 0.05) is 38.3 Å². The highest BCUT2D eigenvalue weighted by Gasteiger charge is 2.29. The van der Waals surface area contributed by atoms with E-state index in [0.717, 1.165) is 11.1 Å². The number of nitrogens with one attached hydrogen (secondary N) is 1. The van der Waals surface area contributed by atoms with Crippen molar-refractivity contribution < 1.29 is 18.0 Å². The van der Waals surface area contributed by atoms with Crippen LogP contribution in [0.5, 0.6) is 0 Å². The Morgan fingerprint density at radius 3 is 2.73 bits per heavy atom. The third kappa shape index (κ3) is 3.99. The fourth-order valence-electron chi connectivity index (χ4n) is 2.42. The molecule has 1 aliphatic rings. The van der Waals surface area contributed by atoms with Gasteiger partial charge < -0.3 is 9.47 Å². The van der Waals surface area contributed by atoms with Crippen LogP contribution in [0.4, 0.5) is 13.2 Å². The minimum absolute atomic E-state index is 0.296. The van der Waals surface area contributed by atoms with E-state index in [1.807, 2.05) is 18.2 Å². The summed E-state index contributed by atoms with van der Waals surface area (Å²) in [5.41, 5.74) is 2.14. The number of aryl methyl sites for hydroxylation is 1. The van der Waals surface area contributed by atoms with Crippen LogP contribution in [0.2, 0.25) is 0 Å². The van der Waals surface area contributed by atoms with E-state index in [0.29, 0.717) is 25.0 Å². The zero-order valence-electron chi connectivity index (χ0n) is 12.3. The van der Waals surface area contributed by atoms with Gasteiger partial charge in [0.1, 0.15) is 5.49 Å². The highest BCUT2D eigenvalue weighted by Crippen LogP contribution is 2.24. The predicted octanol–water partition coefficient (Wildman–Crippen LogP) is 2.46. The molecule has 1 amide bonds. The predicted molar refractivity (Wildman–Crippen MR) is 75.7 cm³/mol. The first-order valence-corrected chi connectivity index (χ1v) is 7.02. The zero-order chi connectivity index (χ0) is 16.3. The molecule has 1 N–H and O–H groups in total. The summed E-state index contributed by atoms with van der Waals surface area (Å²) < 4.78 is 38.1. The number of amides is 1. The van der Waals surface area contributed by atoms with E-state index in [4.69, 9.17) is 5.41 Å². The van der Waals surface area contributed by atoms with Gasteiger partial charge in [0.25, 0.3) is 0 Å². The Bertz CT molecular complexity index is 646. The van der Waals surface area contributed by atoms with Crippen LogP contribution in [0, 0.1) is 5.41 Å². The Labute approximate surface area is 126 Å². The summed E-state index contributed by atoms with van der Waals surface area (Å²) in [7, 11) is 1.78. The summed E-state index contributed by atoms with van der Waals surface area (Å²) in [5, 5.41) is 8.02. The number of hydrogen-bond acceptors (Lipinski definition) is 2. The number of carbonyl (C=O) groups excluding carboxylic acids is 1. The second kappa shape index (κ2) is 6.37. The van der Waals surface area contributed by atoms with Crippen LogP contribution in [0.15, 0.2) is 24.4 Å². The van der Waals surface area contributed by atoms with Gasteiger partial charge in [-0.2, -0.15) is 13.2 Å². The summed E-state index contributed by atoms with van der Waals surface area (Å²) in [6.45, 7) is 0.685. The maximum atomic E-state index is 12.1. The van der Waals surface area contributed by atoms with E-state index >= 15 is 0 Å². The first-order chi connectivity index (χ1) is 10.3. The van der Waals surface area contributed by atoms with E-state index < -0.39 is 24.9 Å². The third-order valence-electron chi connectivity index (χ3n) is 3.71. The first-order valence-electron chi connectivity index (χ1n) is 7.02. The van der Waals surface area contributed by atoms with Crippen LogP contribution < -0.4 is 5.49 Å². The highest BCUT2D eigenvalue weighted by molar-refractivity contribution is 5.78. The maximum Gasteiger partial charge on any atom is 0.389 e. The lowest BCUT2D eigenvalue weighted by Gasteiger charge is -2.27. The van der Waals surface area contributed by atoms with Crippen LogP contribution in [-0.4, -0.2) is 34.6 Å². The number of hydrogen-bond donors (Lipinski definition) is 1. The molecule has 4 nitrogen and oxygen atoms in total. The second-order valence-electron chi connectivity index (χ2n) is 5.32. The molecule has 0 aromatic carbocycles. The Hall–Kier alpha value is -2.05. The smallest absolute Gasteiger partial charge is 0.339 e. The molecule has 120 valence electrons. The Morgan fingerprint density at radius 1 is 1.41 bits per heavy atom. The Morgan fingerprint density at radius 2 is 2.14 bits per heavy atom. The van der Waals surface area contributed by atoms with Crippen molar-refractivity contribution >= 4 is 11.5 Å². The lowest BCUT2D eigenvalue weighted by Crippen LogP contribution is -2.35. The van der Waals surface area contributed by atoms with Gasteiger partial charge in [0.2, 0.25) is 5.91 Å². The summed E-state index contributed by atoms with van der Waals surface area (Å²) in [6, 6.07) is 3.68. The van der Waals surface area contributed by atoms with Crippen LogP contribution in [-0.2, 0) is 11.8 Å². The van der Waals surface area contributed by atoms with Gasteiger partial charge in [-0.15, -0.1) is 0 Å². The van der Waals surface area contributed by atoms with Gasteiger partial charge in [-0.3, -0.25) is 10.2 Å². The van der Waals surface area contributed by atoms with Gasteiger partial charge >= 0.3 is 6.18 Å². The standard InChI is InChI=1S/C15H18F3N3O/c1-20-8-2-3-12(14(20)19)11-5-9-21(10-6-11)13(22)4-7-15(16,17)18/h2-3,5,8,19H,4,6-7,9-10H2,1H3. The van der Waals surface area contributed by atoms with E-state index in [-0.39, 0.29) is 0 Å². The quantitative estimate of drug-likeness (QED) is 0.915. The number of halogens is 3. The summed E-state index contributed by atoms with van der Waals surface area (Å²) in [6.07, 6.45) is -1.73. The maximum absolute atomic E-state index is 12.1. The molecule has 0 atom stereocenters. The van der Waals surface area contributed by atoms with Crippen molar-refractivity contribution in [2.75, 3.05) is 13.1 Å². The van der Waals surface area contributed by atoms with Crippen molar-refractivity contribution in [1.82, 2.24) is 9.47 Å². The molecule has 0 saturated heterocycles. The van der Waals surface area contributed by atoms with Gasteiger partial charge in [0.05, 0.1) is 6.42 Å². The monoisotopic (exact) mass is 313 g/mol. The minimum Gasteiger partial charge on any atom is -0.339 e. The molecule has 0 spiro atoms. The molecule has 0 radical (unpaired) electrons. The molecule has 7 heteroatoms. The van der Waals surface area contributed by atoms with E-state index in [1.165, 1.54) is 4.90 Å². The van der Waals surface area contributed by atoms with E-state index in [2.05, 4.69) is 0 Å².